The van der Waals surface area contributed by atoms with E-state index in [1.807, 2.05) is 4.90 Å². The van der Waals surface area contributed by atoms with E-state index < -0.39 is 5.60 Å². The molecule has 1 N–H and O–H groups in total. The molecule has 2 aliphatic rings. The smallest absolute Gasteiger partial charge is 0.264 e. The molecule has 5 rings (SSSR count). The summed E-state index contributed by atoms with van der Waals surface area (Å²) in [7, 11) is 1.74. The lowest BCUT2D eigenvalue weighted by Gasteiger charge is -2.39. The predicted octanol–water partition coefficient (Wildman–Crippen LogP) is 1.99. The maximum Gasteiger partial charge on any atom is 0.264 e. The normalized spacial score (nSPS) is 20.3. The van der Waals surface area contributed by atoms with Crippen molar-refractivity contribution >= 4 is 16.9 Å². The first-order valence-corrected chi connectivity index (χ1v) is 11.4. The van der Waals surface area contributed by atoms with Gasteiger partial charge in [0.05, 0.1) is 18.3 Å². The molecule has 0 radical (unpaired) electrons. The number of amides is 1. The van der Waals surface area contributed by atoms with Crippen molar-refractivity contribution < 1.29 is 9.90 Å². The number of carbonyl (C=O) groups is 1. The van der Waals surface area contributed by atoms with E-state index in [9.17, 15) is 14.7 Å². The Hall–Kier alpha value is -3.00. The number of fused-ring (bicyclic) bond motifs is 2. The van der Waals surface area contributed by atoms with Crippen molar-refractivity contribution in [3.05, 3.63) is 58.3 Å². The summed E-state index contributed by atoms with van der Waals surface area (Å²) in [5.74, 6) is 0.438. The van der Waals surface area contributed by atoms with Gasteiger partial charge in [-0.2, -0.15) is 5.10 Å². The van der Waals surface area contributed by atoms with Crippen LogP contribution in [-0.4, -0.2) is 53.9 Å². The summed E-state index contributed by atoms with van der Waals surface area (Å²) < 4.78 is 3.02. The van der Waals surface area contributed by atoms with Gasteiger partial charge in [0.25, 0.3) is 5.56 Å². The molecule has 1 unspecified atom stereocenters. The zero-order chi connectivity index (χ0) is 22.3. The largest absolute Gasteiger partial charge is 0.388 e. The molecule has 32 heavy (non-hydrogen) atoms. The highest BCUT2D eigenvalue weighted by atomic mass is 16.3. The second-order valence-electron chi connectivity index (χ2n) is 9.28. The van der Waals surface area contributed by atoms with Crippen LogP contribution < -0.4 is 5.56 Å². The minimum Gasteiger partial charge on any atom is -0.388 e. The van der Waals surface area contributed by atoms with Gasteiger partial charge in [-0.25, -0.2) is 4.98 Å². The highest BCUT2D eigenvalue weighted by Crippen LogP contribution is 2.35. The third-order valence-corrected chi connectivity index (χ3v) is 7.14. The molecule has 0 spiro atoms. The van der Waals surface area contributed by atoms with Crippen molar-refractivity contribution in [2.75, 3.05) is 13.1 Å². The van der Waals surface area contributed by atoms with E-state index in [0.29, 0.717) is 43.4 Å². The molecule has 1 aromatic carbocycles. The maximum atomic E-state index is 13.0. The molecule has 3 heterocycles. The first-order chi connectivity index (χ1) is 15.4. The van der Waals surface area contributed by atoms with Crippen molar-refractivity contribution in [1.29, 1.82) is 0 Å². The van der Waals surface area contributed by atoms with Crippen LogP contribution in [0.3, 0.4) is 0 Å². The molecule has 1 aliphatic carbocycles. The number of benzene rings is 1. The Kier molecular flexibility index (Phi) is 5.33. The van der Waals surface area contributed by atoms with E-state index in [-0.39, 0.29) is 23.9 Å². The molecule has 1 saturated heterocycles. The number of aryl methyl sites for hydroxylation is 2. The fourth-order valence-corrected chi connectivity index (χ4v) is 5.23. The van der Waals surface area contributed by atoms with Gasteiger partial charge >= 0.3 is 0 Å². The van der Waals surface area contributed by atoms with Crippen LogP contribution in [0.1, 0.15) is 49.1 Å². The van der Waals surface area contributed by atoms with Crippen molar-refractivity contribution in [3.8, 4) is 0 Å². The number of piperidine rings is 1. The van der Waals surface area contributed by atoms with Crippen LogP contribution in [0.15, 0.2) is 41.6 Å². The zero-order valence-corrected chi connectivity index (χ0v) is 18.4. The lowest BCUT2D eigenvalue weighted by molar-refractivity contribution is -0.136. The van der Waals surface area contributed by atoms with Crippen molar-refractivity contribution in [3.63, 3.8) is 0 Å². The second-order valence-corrected chi connectivity index (χ2v) is 9.28. The number of nitrogens with zero attached hydrogens (tertiary/aromatic N) is 5. The average Bonchev–Trinajstić information content (AvgIpc) is 3.18. The van der Waals surface area contributed by atoms with Crippen LogP contribution in [0.4, 0.5) is 0 Å². The van der Waals surface area contributed by atoms with E-state index in [0.717, 1.165) is 19.3 Å². The summed E-state index contributed by atoms with van der Waals surface area (Å²) in [5, 5.41) is 15.7. The number of aliphatic hydroxyl groups is 1. The SMILES string of the molecule is Cn1ncc2c(=O)n(CC3(O)CCN(C(=O)CC4CCCc5ccccc54)CC3)cnc21. The van der Waals surface area contributed by atoms with Crippen LogP contribution in [-0.2, 0) is 24.8 Å². The molecule has 0 saturated carbocycles. The van der Waals surface area contributed by atoms with Gasteiger partial charge in [-0.1, -0.05) is 24.3 Å². The van der Waals surface area contributed by atoms with E-state index in [1.165, 1.54) is 28.2 Å². The average molecular weight is 436 g/mol. The number of aromatic nitrogens is 4. The Balaban J connectivity index is 1.23. The highest BCUT2D eigenvalue weighted by molar-refractivity contribution is 5.77. The quantitative estimate of drug-likeness (QED) is 0.677. The summed E-state index contributed by atoms with van der Waals surface area (Å²) in [6, 6.07) is 8.46. The Morgan fingerprint density at radius 3 is 2.84 bits per heavy atom. The Morgan fingerprint density at radius 2 is 2.03 bits per heavy atom. The predicted molar refractivity (Wildman–Crippen MR) is 120 cm³/mol. The van der Waals surface area contributed by atoms with Crippen LogP contribution in [0.2, 0.25) is 0 Å². The third kappa shape index (κ3) is 3.83. The minimum atomic E-state index is -1.03. The standard InChI is InChI=1S/C24H29N5O3/c1-27-22-20(14-26-27)23(31)29(16-25-22)15-24(32)9-11-28(12-10-24)21(30)13-18-7-4-6-17-5-2-3-8-19(17)18/h2-3,5,8,14,16,18,32H,4,6-7,9-13,15H2,1H3. The van der Waals surface area contributed by atoms with Gasteiger partial charge in [-0.3, -0.25) is 18.8 Å². The minimum absolute atomic E-state index is 0.157. The molecule has 1 atom stereocenters. The lowest BCUT2D eigenvalue weighted by Crippen LogP contribution is -2.49. The molecular formula is C24H29N5O3. The van der Waals surface area contributed by atoms with E-state index >= 15 is 0 Å². The maximum absolute atomic E-state index is 13.0. The van der Waals surface area contributed by atoms with Gasteiger partial charge < -0.3 is 10.0 Å². The van der Waals surface area contributed by atoms with E-state index in [4.69, 9.17) is 0 Å². The number of hydrogen-bond acceptors (Lipinski definition) is 5. The summed E-state index contributed by atoms with van der Waals surface area (Å²) in [5.41, 5.74) is 1.98. The fourth-order valence-electron chi connectivity index (χ4n) is 5.23. The van der Waals surface area contributed by atoms with Crippen LogP contribution in [0, 0.1) is 0 Å². The molecular weight excluding hydrogens is 406 g/mol. The van der Waals surface area contributed by atoms with Crippen LogP contribution >= 0.6 is 0 Å². The molecule has 3 aromatic rings. The topological polar surface area (TPSA) is 93.2 Å². The van der Waals surface area contributed by atoms with Gasteiger partial charge in [0.1, 0.15) is 11.7 Å². The first-order valence-electron chi connectivity index (χ1n) is 11.4. The fraction of sp³-hybridized carbons (Fsp3) is 0.500. The van der Waals surface area contributed by atoms with Crippen molar-refractivity contribution in [2.24, 2.45) is 7.05 Å². The van der Waals surface area contributed by atoms with Crippen molar-refractivity contribution in [2.45, 2.75) is 56.6 Å². The van der Waals surface area contributed by atoms with Gasteiger partial charge in [0.15, 0.2) is 5.65 Å². The zero-order valence-electron chi connectivity index (χ0n) is 18.4. The Labute approximate surface area is 186 Å². The summed E-state index contributed by atoms with van der Waals surface area (Å²) in [4.78, 5) is 31.9. The summed E-state index contributed by atoms with van der Waals surface area (Å²) >= 11 is 0. The highest BCUT2D eigenvalue weighted by Gasteiger charge is 2.35. The van der Waals surface area contributed by atoms with E-state index in [2.05, 4.69) is 34.3 Å². The van der Waals surface area contributed by atoms with Gasteiger partial charge in [-0.15, -0.1) is 0 Å². The first kappa shape index (κ1) is 20.9. The van der Waals surface area contributed by atoms with Crippen LogP contribution in [0.25, 0.3) is 11.0 Å². The molecule has 1 amide bonds. The second kappa shape index (κ2) is 8.16. The number of rotatable bonds is 4. The van der Waals surface area contributed by atoms with Gasteiger partial charge in [0, 0.05) is 26.6 Å². The molecule has 1 aliphatic heterocycles. The monoisotopic (exact) mass is 435 g/mol. The number of likely N-dealkylation sites (tertiary alicyclic amines) is 1. The third-order valence-electron chi connectivity index (χ3n) is 7.14. The Bertz CT molecular complexity index is 1210. The number of hydrogen-bond donors (Lipinski definition) is 1. The number of carbonyl (C=O) groups excluding carboxylic acids is 1. The van der Waals surface area contributed by atoms with Gasteiger partial charge in [0.2, 0.25) is 5.91 Å². The molecule has 2 aromatic heterocycles. The van der Waals surface area contributed by atoms with Crippen LogP contribution in [0.5, 0.6) is 0 Å². The molecule has 0 bridgehead atoms. The summed E-state index contributed by atoms with van der Waals surface area (Å²) in [6.45, 7) is 1.17. The van der Waals surface area contributed by atoms with Crippen molar-refractivity contribution in [1.82, 2.24) is 24.2 Å². The molecule has 1 fully saturated rings. The molecule has 8 heteroatoms. The molecule has 8 nitrogen and oxygen atoms in total. The summed E-state index contributed by atoms with van der Waals surface area (Å²) in [6.07, 6.45) is 7.66. The molecule has 168 valence electrons. The van der Waals surface area contributed by atoms with Gasteiger partial charge in [-0.05, 0) is 49.1 Å². The Morgan fingerprint density at radius 1 is 1.25 bits per heavy atom. The lowest BCUT2D eigenvalue weighted by atomic mass is 9.80. The van der Waals surface area contributed by atoms with E-state index in [1.54, 1.807) is 11.7 Å².